The molecule has 0 nitrogen and oxygen atoms in total. The lowest BCUT2D eigenvalue weighted by molar-refractivity contribution is 1.25. The molecular weight excluding hydrogens is 506 g/mol. The Morgan fingerprint density at radius 2 is 1.22 bits per heavy atom. The molecule has 0 fully saturated rings. The zero-order valence-corrected chi connectivity index (χ0v) is 16.5. The van der Waals surface area contributed by atoms with E-state index in [1.807, 2.05) is 0 Å². The van der Waals surface area contributed by atoms with Crippen molar-refractivity contribution in [2.45, 2.75) is 1.43 Å². The van der Waals surface area contributed by atoms with E-state index < -0.39 is 0 Å². The van der Waals surface area contributed by atoms with E-state index in [-0.39, 0.29) is 1.43 Å². The molecule has 5 rings (SSSR count). The summed E-state index contributed by atoms with van der Waals surface area (Å²) in [5.74, 6) is 0. The summed E-state index contributed by atoms with van der Waals surface area (Å²) in [6.07, 6.45) is 0. The minimum absolute atomic E-state index is 0.0227. The fourth-order valence-corrected chi connectivity index (χ4v) is 5.84. The molecule has 0 unspecified atom stereocenters. The van der Waals surface area contributed by atoms with E-state index in [1.165, 1.54) is 43.8 Å². The third-order valence-electron chi connectivity index (χ3n) is 4.78. The van der Waals surface area contributed by atoms with Gasteiger partial charge in [0.15, 0.2) is 0 Å². The highest BCUT2D eigenvalue weighted by atomic mass is 127. The van der Waals surface area contributed by atoms with Gasteiger partial charge in [0.1, 0.15) is 1.43 Å². The summed E-state index contributed by atoms with van der Waals surface area (Å²) >= 11 is 5.23. The number of hydrogen-bond acceptors (Lipinski definition) is 0. The van der Waals surface area contributed by atoms with Gasteiger partial charge in [-0.2, -0.15) is 0 Å². The first kappa shape index (κ1) is 14.2. The molecule has 0 aliphatic heterocycles. The minimum Gasteiger partial charge on any atom is -0.0616 e. The van der Waals surface area contributed by atoms with Crippen LogP contribution in [0.5, 0.6) is 0 Å². The van der Waals surface area contributed by atoms with E-state index in [1.54, 1.807) is 0 Å². The van der Waals surface area contributed by atoms with Gasteiger partial charge >= 0.3 is 0 Å². The molecule has 0 saturated carbocycles. The molecule has 23 heavy (non-hydrogen) atoms. The van der Waals surface area contributed by atoms with E-state index in [0.29, 0.717) is 0 Å². The highest BCUT2D eigenvalue weighted by Gasteiger charge is 2.40. The van der Waals surface area contributed by atoms with Crippen LogP contribution in [0.3, 0.4) is 0 Å². The van der Waals surface area contributed by atoms with Crippen LogP contribution in [0, 0.1) is 0 Å². The van der Waals surface area contributed by atoms with Crippen molar-refractivity contribution in [1.82, 2.24) is 0 Å². The zero-order valence-electron chi connectivity index (χ0n) is 12.2. The first-order valence-corrected chi connectivity index (χ1v) is 9.76. The summed E-state index contributed by atoms with van der Waals surface area (Å²) in [6, 6.07) is 26.6. The van der Waals surface area contributed by atoms with Gasteiger partial charge in [-0.05, 0) is 43.8 Å². The number of benzene rings is 4. The van der Waals surface area contributed by atoms with Crippen LogP contribution < -0.4 is 0 Å². The molecule has 0 atom stereocenters. The lowest BCUT2D eigenvalue weighted by Crippen LogP contribution is -2.06. The van der Waals surface area contributed by atoms with Gasteiger partial charge in [-0.3, -0.25) is 0 Å². The molecule has 0 amide bonds. The van der Waals surface area contributed by atoms with Crippen LogP contribution in [-0.2, 0) is 1.43 Å². The molecule has 4 aromatic carbocycles. The summed E-state index contributed by atoms with van der Waals surface area (Å²) in [5.41, 5.74) is 5.67. The number of hydrogen-bond donors (Lipinski definition) is 0. The SMILES string of the molecule is IC1(I)c2ccc3ccccc3c2-c2ccc3ccccc3c21. The fraction of sp³-hybridized carbons (Fsp3) is 0.0476. The Balaban J connectivity index is 2.01. The highest BCUT2D eigenvalue weighted by molar-refractivity contribution is 14.2. The average Bonchev–Trinajstić information content (AvgIpc) is 2.83. The Hall–Kier alpha value is -1.14. The maximum Gasteiger partial charge on any atom is 0.125 e. The maximum absolute atomic E-state index is 2.62. The van der Waals surface area contributed by atoms with Gasteiger partial charge in [0.05, 0.1) is 0 Å². The Bertz CT molecular complexity index is 1090. The van der Waals surface area contributed by atoms with Crippen molar-refractivity contribution in [3.8, 4) is 11.1 Å². The third-order valence-corrected chi connectivity index (χ3v) is 7.02. The average molecular weight is 518 g/mol. The molecule has 0 bridgehead atoms. The summed E-state index contributed by atoms with van der Waals surface area (Å²) in [4.78, 5) is 0. The van der Waals surface area contributed by atoms with E-state index >= 15 is 0 Å². The van der Waals surface area contributed by atoms with Gasteiger partial charge in [-0.25, -0.2) is 0 Å². The molecule has 110 valence electrons. The Morgan fingerprint density at radius 3 is 2.00 bits per heavy atom. The molecule has 0 spiro atoms. The standard InChI is InChI=1S/C21H12I2/c22-21(23)18-12-10-13-5-1-3-7-15(13)19(18)17-11-9-14-6-2-4-8-16(14)20(17)21/h1-12H. The van der Waals surface area contributed by atoms with Gasteiger partial charge in [0.2, 0.25) is 0 Å². The Morgan fingerprint density at radius 1 is 0.609 bits per heavy atom. The van der Waals surface area contributed by atoms with E-state index in [2.05, 4.69) is 118 Å². The molecule has 0 N–H and O–H groups in total. The van der Waals surface area contributed by atoms with Crippen molar-refractivity contribution in [3.05, 3.63) is 83.9 Å². The maximum atomic E-state index is 2.62. The number of rotatable bonds is 0. The number of fused-ring (bicyclic) bond motifs is 7. The van der Waals surface area contributed by atoms with Crippen LogP contribution in [0.25, 0.3) is 32.7 Å². The smallest absolute Gasteiger partial charge is 0.0616 e. The molecular formula is C21H12I2. The molecule has 1 aliphatic rings. The quantitative estimate of drug-likeness (QED) is 0.173. The number of alkyl halides is 2. The van der Waals surface area contributed by atoms with Crippen molar-refractivity contribution < 1.29 is 0 Å². The Labute approximate surface area is 162 Å². The van der Waals surface area contributed by atoms with Gasteiger partial charge in [0.25, 0.3) is 0 Å². The van der Waals surface area contributed by atoms with E-state index in [9.17, 15) is 0 Å². The molecule has 1 aliphatic carbocycles. The molecule has 2 heteroatoms. The fourth-order valence-electron chi connectivity index (χ4n) is 3.78. The zero-order chi connectivity index (χ0) is 15.6. The van der Waals surface area contributed by atoms with Crippen LogP contribution in [0.2, 0.25) is 0 Å². The van der Waals surface area contributed by atoms with Crippen molar-refractivity contribution >= 4 is 66.7 Å². The van der Waals surface area contributed by atoms with Crippen LogP contribution in [0.15, 0.2) is 72.8 Å². The predicted molar refractivity (Wildman–Crippen MR) is 116 cm³/mol. The molecule has 0 aromatic heterocycles. The summed E-state index contributed by atoms with van der Waals surface area (Å²) in [6.45, 7) is 0. The lowest BCUT2D eigenvalue weighted by Gasteiger charge is -2.19. The summed E-state index contributed by atoms with van der Waals surface area (Å²) in [7, 11) is 0. The normalized spacial score (nSPS) is 14.9. The van der Waals surface area contributed by atoms with E-state index in [0.717, 1.165) is 0 Å². The van der Waals surface area contributed by atoms with Crippen LogP contribution in [0.4, 0.5) is 0 Å². The van der Waals surface area contributed by atoms with E-state index in [4.69, 9.17) is 0 Å². The van der Waals surface area contributed by atoms with Gasteiger partial charge in [0, 0.05) is 0 Å². The first-order valence-electron chi connectivity index (χ1n) is 7.60. The first-order chi connectivity index (χ1) is 11.2. The number of halogens is 2. The largest absolute Gasteiger partial charge is 0.125 e. The lowest BCUT2D eigenvalue weighted by atomic mass is 9.96. The van der Waals surface area contributed by atoms with Crippen LogP contribution >= 0.6 is 45.2 Å². The second-order valence-electron chi connectivity index (χ2n) is 5.99. The van der Waals surface area contributed by atoms with Gasteiger partial charge in [-0.1, -0.05) is 118 Å². The predicted octanol–water partition coefficient (Wildman–Crippen LogP) is 7.04. The molecule has 0 heterocycles. The highest BCUT2D eigenvalue weighted by Crippen LogP contribution is 2.60. The van der Waals surface area contributed by atoms with Crippen molar-refractivity contribution in [2.24, 2.45) is 0 Å². The monoisotopic (exact) mass is 518 g/mol. The Kier molecular flexibility index (Phi) is 3.05. The van der Waals surface area contributed by atoms with Gasteiger partial charge < -0.3 is 0 Å². The van der Waals surface area contributed by atoms with Crippen LogP contribution in [0.1, 0.15) is 11.1 Å². The van der Waals surface area contributed by atoms with Gasteiger partial charge in [-0.15, -0.1) is 0 Å². The second-order valence-corrected chi connectivity index (χ2v) is 11.3. The second kappa shape index (κ2) is 4.93. The summed E-state index contributed by atoms with van der Waals surface area (Å²) in [5, 5.41) is 5.36. The topological polar surface area (TPSA) is 0 Å². The molecule has 4 aromatic rings. The minimum atomic E-state index is -0.0227. The third kappa shape index (κ3) is 1.88. The molecule has 0 radical (unpaired) electrons. The van der Waals surface area contributed by atoms with Crippen molar-refractivity contribution in [1.29, 1.82) is 0 Å². The van der Waals surface area contributed by atoms with Crippen LogP contribution in [-0.4, -0.2) is 0 Å². The van der Waals surface area contributed by atoms with Crippen molar-refractivity contribution in [2.75, 3.05) is 0 Å². The summed E-state index contributed by atoms with van der Waals surface area (Å²) < 4.78 is -0.0227. The van der Waals surface area contributed by atoms with Crippen molar-refractivity contribution in [3.63, 3.8) is 0 Å². The molecule has 0 saturated heterocycles.